The van der Waals surface area contributed by atoms with E-state index < -0.39 is 0 Å². The second-order valence-corrected chi connectivity index (χ2v) is 28.8. The predicted molar refractivity (Wildman–Crippen MR) is 317 cm³/mol. The summed E-state index contributed by atoms with van der Waals surface area (Å²) in [7, 11) is 0. The van der Waals surface area contributed by atoms with E-state index in [0.29, 0.717) is 22.3 Å². The second kappa shape index (κ2) is 18.6. The standard InChI is InChI=1S/C44H28S10.C14H8N2O.CH2O/c1-21-9-13-31(47-21)43(32-14-10-22(2)48-32)25-19-29(27-7-5-17-45-27)51-37(25)39-35(43)41-42(53-39)36-40(54-41)38-26(20-30(52-38)28-8-6-18-46-28)44(36,33-15-11-23(3)49-33)34-16-12-24(4)50-34;1-2-10-13(9(7-15)8-16)11-5-3-4-6-12(11)14(10)17;1-2/h5-20H,1-4H3;2-6H,1H3;1H2/b;10-2-;. The van der Waals surface area contributed by atoms with Crippen LogP contribution >= 0.6 is 113 Å². The summed E-state index contributed by atoms with van der Waals surface area (Å²) in [5.41, 5.74) is 7.39. The van der Waals surface area contributed by atoms with Gasteiger partial charge in [0.25, 0.3) is 0 Å². The van der Waals surface area contributed by atoms with Crippen LogP contribution in [0.2, 0.25) is 0 Å². The van der Waals surface area contributed by atoms with E-state index in [4.69, 9.17) is 15.3 Å². The average molecular weight is 1130 g/mol. The van der Waals surface area contributed by atoms with Crippen molar-refractivity contribution < 1.29 is 9.59 Å². The number of ketones is 1. The molecule has 0 amide bonds. The first-order valence-corrected chi connectivity index (χ1v) is 31.3. The molecule has 4 nitrogen and oxygen atoms in total. The van der Waals surface area contributed by atoms with Gasteiger partial charge in [-0.3, -0.25) is 4.79 Å². The summed E-state index contributed by atoms with van der Waals surface area (Å²) >= 11 is 19.8. The molecular formula is C59H38N2O2S10. The van der Waals surface area contributed by atoms with E-state index in [0.717, 1.165) is 0 Å². The summed E-state index contributed by atoms with van der Waals surface area (Å²) in [6.07, 6.45) is 1.65. The molecular weight excluding hydrogens is 1090 g/mol. The third-order valence-corrected chi connectivity index (χ3v) is 25.4. The molecule has 14 rings (SSSR count). The van der Waals surface area contributed by atoms with Crippen LogP contribution in [-0.2, 0) is 15.6 Å². The molecule has 0 radical (unpaired) electrons. The molecule has 1 aromatic carbocycles. The van der Waals surface area contributed by atoms with E-state index in [9.17, 15) is 4.79 Å². The third kappa shape index (κ3) is 7.04. The number of rotatable bonds is 6. The van der Waals surface area contributed by atoms with E-state index in [1.807, 2.05) is 110 Å². The Balaban J connectivity index is 0.000000243. The highest BCUT2D eigenvalue weighted by Crippen LogP contribution is 2.72. The third-order valence-electron chi connectivity index (χ3n) is 13.6. The fourth-order valence-corrected chi connectivity index (χ4v) is 22.7. The molecule has 0 atom stereocenters. The monoisotopic (exact) mass is 1130 g/mol. The van der Waals surface area contributed by atoms with Crippen molar-refractivity contribution in [3.63, 3.8) is 0 Å². The van der Waals surface area contributed by atoms with Gasteiger partial charge in [0.05, 0.1) is 39.7 Å². The van der Waals surface area contributed by atoms with E-state index in [2.05, 4.69) is 146 Å². The topological polar surface area (TPSA) is 81.7 Å². The molecule has 356 valence electrons. The van der Waals surface area contributed by atoms with Crippen LogP contribution in [-0.4, -0.2) is 12.6 Å². The smallest absolute Gasteiger partial charge is 0.194 e. The van der Waals surface area contributed by atoms with E-state index in [1.165, 1.54) is 110 Å². The molecule has 0 aliphatic heterocycles. The van der Waals surface area contributed by atoms with Crippen LogP contribution in [0.15, 0.2) is 137 Å². The fraction of sp³-hybridized carbons (Fsp3) is 0.119. The Morgan fingerprint density at radius 1 is 0.507 bits per heavy atom. The summed E-state index contributed by atoms with van der Waals surface area (Å²) < 4.78 is 2.97. The summed E-state index contributed by atoms with van der Waals surface area (Å²) in [4.78, 5) is 42.7. The number of benzene rings is 1. The first kappa shape index (κ1) is 48.2. The van der Waals surface area contributed by atoms with Crippen LogP contribution in [0, 0.1) is 50.4 Å². The van der Waals surface area contributed by atoms with Crippen molar-refractivity contribution in [2.24, 2.45) is 0 Å². The fourth-order valence-electron chi connectivity index (χ4n) is 10.8. The lowest BCUT2D eigenvalue weighted by molar-refractivity contribution is -0.0980. The van der Waals surface area contributed by atoms with Crippen molar-refractivity contribution in [1.82, 2.24) is 0 Å². The Bertz CT molecular complexity index is 3840. The van der Waals surface area contributed by atoms with Gasteiger partial charge in [-0.25, -0.2) is 0 Å². The van der Waals surface area contributed by atoms with Gasteiger partial charge in [-0.1, -0.05) is 42.5 Å². The Hall–Kier alpha value is -5.72. The number of hydrogen-bond donors (Lipinski definition) is 0. The Labute approximate surface area is 462 Å². The van der Waals surface area contributed by atoms with Gasteiger partial charge >= 0.3 is 0 Å². The lowest BCUT2D eigenvalue weighted by atomic mass is 9.75. The summed E-state index contributed by atoms with van der Waals surface area (Å²) in [6, 6.07) is 44.0. The summed E-state index contributed by atoms with van der Waals surface area (Å²) in [6.45, 7) is 12.8. The number of fused-ring (bicyclic) bond motifs is 10. The van der Waals surface area contributed by atoms with E-state index >= 15 is 0 Å². The molecule has 0 saturated carbocycles. The molecule has 3 aliphatic carbocycles. The Morgan fingerprint density at radius 3 is 1.26 bits per heavy atom. The summed E-state index contributed by atoms with van der Waals surface area (Å²) in [5, 5.41) is 22.3. The number of hydrogen-bond acceptors (Lipinski definition) is 14. The van der Waals surface area contributed by atoms with Gasteiger partial charge in [-0.15, -0.1) is 113 Å². The molecule has 14 heteroatoms. The largest absolute Gasteiger partial charge is 0.307 e. The highest BCUT2D eigenvalue weighted by Gasteiger charge is 2.56. The maximum Gasteiger partial charge on any atom is 0.194 e. The number of carbonyl (C=O) groups is 2. The molecule has 10 heterocycles. The van der Waals surface area contributed by atoms with Gasteiger partial charge in [0.15, 0.2) is 5.78 Å². The molecule has 0 fully saturated rings. The molecule has 0 bridgehead atoms. The number of carbonyl (C=O) groups excluding carboxylic acids is 2. The van der Waals surface area contributed by atoms with E-state index in [-0.39, 0.29) is 22.2 Å². The van der Waals surface area contributed by atoms with Crippen LogP contribution in [0.1, 0.15) is 84.1 Å². The maximum absolute atomic E-state index is 12.1. The minimum Gasteiger partial charge on any atom is -0.307 e. The Morgan fingerprint density at radius 2 is 0.918 bits per heavy atom. The van der Waals surface area contributed by atoms with Crippen molar-refractivity contribution in [3.8, 4) is 51.2 Å². The number of nitrogens with zero attached hydrogens (tertiary/aromatic N) is 2. The lowest BCUT2D eigenvalue weighted by Gasteiger charge is -2.30. The zero-order valence-electron chi connectivity index (χ0n) is 39.6. The van der Waals surface area contributed by atoms with Crippen molar-refractivity contribution in [2.45, 2.75) is 45.4 Å². The van der Waals surface area contributed by atoms with Gasteiger partial charge in [-0.05, 0) is 135 Å². The zero-order chi connectivity index (χ0) is 50.5. The van der Waals surface area contributed by atoms with Gasteiger partial charge in [0.1, 0.15) is 24.5 Å². The molecule has 11 aromatic rings. The van der Waals surface area contributed by atoms with Crippen LogP contribution < -0.4 is 0 Å². The molecule has 0 unspecified atom stereocenters. The van der Waals surface area contributed by atoms with Crippen molar-refractivity contribution in [3.05, 3.63) is 210 Å². The second-order valence-electron chi connectivity index (χ2n) is 17.6. The summed E-state index contributed by atoms with van der Waals surface area (Å²) in [5.74, 6) is -0.124. The predicted octanol–water partition coefficient (Wildman–Crippen LogP) is 19.2. The van der Waals surface area contributed by atoms with Crippen molar-refractivity contribution in [1.29, 1.82) is 10.5 Å². The first-order valence-electron chi connectivity index (χ1n) is 23.0. The number of nitriles is 2. The zero-order valence-corrected chi connectivity index (χ0v) is 47.8. The number of allylic oxidation sites excluding steroid dienone is 4. The van der Waals surface area contributed by atoms with Crippen LogP contribution in [0.25, 0.3) is 54.0 Å². The molecule has 3 aliphatic rings. The normalized spacial score (nSPS) is 14.7. The average Bonchev–Trinajstić information content (AvgIpc) is 4.22. The van der Waals surface area contributed by atoms with Gasteiger partial charge in [-0.2, -0.15) is 10.5 Å². The molecule has 0 saturated heterocycles. The highest BCUT2D eigenvalue weighted by molar-refractivity contribution is 7.35. The minimum atomic E-state index is -0.354. The van der Waals surface area contributed by atoms with Gasteiger partial charge in [0.2, 0.25) is 0 Å². The van der Waals surface area contributed by atoms with Gasteiger partial charge in [0, 0.05) is 86.4 Å². The van der Waals surface area contributed by atoms with Crippen LogP contribution in [0.3, 0.4) is 0 Å². The number of thiophene rings is 10. The lowest BCUT2D eigenvalue weighted by Crippen LogP contribution is -2.26. The first-order chi connectivity index (χ1) is 35.6. The van der Waals surface area contributed by atoms with Crippen molar-refractivity contribution in [2.75, 3.05) is 0 Å². The number of Topliss-reactive ketones (excluding diaryl/α,β-unsaturated/α-hetero) is 1. The van der Waals surface area contributed by atoms with Gasteiger partial charge < -0.3 is 4.79 Å². The SMILES string of the molecule is C/C=C1\C(=O)c2ccccc2C1=C(C#N)C#N.C=O.Cc1ccc(C2(c3ccc(C)s3)c3cc(-c4cccs4)sc3-c3sc4c5c(sc4c32)-c2sc(-c3cccs3)cc2C5(c2ccc(C)s2)c2ccc(C)s2)s1. The van der Waals surface area contributed by atoms with E-state index in [1.54, 1.807) is 37.3 Å². The number of aryl methyl sites for hydroxylation is 4. The van der Waals surface area contributed by atoms with Crippen LogP contribution in [0.4, 0.5) is 0 Å². The minimum absolute atomic E-state index is 0.0172. The highest BCUT2D eigenvalue weighted by atomic mass is 32.1. The van der Waals surface area contributed by atoms with Crippen molar-refractivity contribution >= 4 is 141 Å². The molecule has 0 spiro atoms. The quantitative estimate of drug-likeness (QED) is 0.123. The van der Waals surface area contributed by atoms with Crippen LogP contribution in [0.5, 0.6) is 0 Å². The maximum atomic E-state index is 12.1. The molecule has 0 N–H and O–H groups in total. The molecule has 73 heavy (non-hydrogen) atoms. The molecule has 10 aromatic heterocycles. The Kier molecular flexibility index (Phi) is 12.3.